The molecule has 9 heteroatoms. The van der Waals surface area contributed by atoms with Crippen molar-refractivity contribution in [3.05, 3.63) is 30.6 Å². The minimum Gasteiger partial charge on any atom is -0.339 e. The van der Waals surface area contributed by atoms with Crippen molar-refractivity contribution >= 4 is 38.6 Å². The van der Waals surface area contributed by atoms with Crippen molar-refractivity contribution in [1.29, 1.82) is 0 Å². The van der Waals surface area contributed by atoms with E-state index in [4.69, 9.17) is 0 Å². The highest BCUT2D eigenvalue weighted by Gasteiger charge is 2.28. The number of thioether (sulfide) groups is 1. The predicted octanol–water partition coefficient (Wildman–Crippen LogP) is 1.61. The number of pyridine rings is 2. The Hall–Kier alpha value is -1.71. The van der Waals surface area contributed by atoms with Crippen LogP contribution in [-0.2, 0) is 14.8 Å². The van der Waals surface area contributed by atoms with E-state index in [1.54, 1.807) is 17.3 Å². The maximum absolute atomic E-state index is 12.5. The minimum absolute atomic E-state index is 0.00485. The van der Waals surface area contributed by atoms with Gasteiger partial charge in [0.1, 0.15) is 5.03 Å². The summed E-state index contributed by atoms with van der Waals surface area (Å²) in [5, 5.41) is 1.72. The van der Waals surface area contributed by atoms with Crippen molar-refractivity contribution in [3.8, 4) is 0 Å². The van der Waals surface area contributed by atoms with E-state index in [2.05, 4.69) is 9.97 Å². The maximum atomic E-state index is 12.5. The van der Waals surface area contributed by atoms with E-state index in [-0.39, 0.29) is 17.4 Å². The quantitative estimate of drug-likeness (QED) is 0.692. The summed E-state index contributed by atoms with van der Waals surface area (Å²) in [5.41, 5.74) is 0.854. The molecule has 26 heavy (non-hydrogen) atoms. The van der Waals surface area contributed by atoms with Crippen LogP contribution in [0.15, 0.2) is 35.6 Å². The van der Waals surface area contributed by atoms with E-state index in [0.717, 1.165) is 15.9 Å². The van der Waals surface area contributed by atoms with Crippen LogP contribution in [0.5, 0.6) is 0 Å². The molecule has 0 saturated carbocycles. The number of aromatic nitrogens is 2. The first-order chi connectivity index (χ1) is 12.5. The van der Waals surface area contributed by atoms with Gasteiger partial charge in [0.25, 0.3) is 0 Å². The van der Waals surface area contributed by atoms with Gasteiger partial charge in [0.15, 0.2) is 0 Å². The van der Waals surface area contributed by atoms with Crippen molar-refractivity contribution in [2.45, 2.75) is 18.4 Å². The Kier molecular flexibility index (Phi) is 6.10. The van der Waals surface area contributed by atoms with Crippen LogP contribution in [0.3, 0.4) is 0 Å². The second-order valence-electron chi connectivity index (χ2n) is 6.07. The molecule has 2 aromatic rings. The fourth-order valence-electron chi connectivity index (χ4n) is 2.92. The Morgan fingerprint density at radius 2 is 1.92 bits per heavy atom. The fraction of sp³-hybridized carbons (Fsp3) is 0.471. The van der Waals surface area contributed by atoms with Gasteiger partial charge in [0, 0.05) is 44.0 Å². The average molecular weight is 395 g/mol. The Balaban J connectivity index is 1.56. The second-order valence-corrected chi connectivity index (χ2v) is 9.12. The molecule has 0 spiro atoms. The van der Waals surface area contributed by atoms with Gasteiger partial charge in [-0.05, 0) is 24.6 Å². The molecule has 0 aromatic carbocycles. The SMILES string of the molecule is CCCS(=O)(=O)N1CCN(C(=O)CSc2nccc3ncccc23)CC1. The van der Waals surface area contributed by atoms with Crippen molar-refractivity contribution in [2.24, 2.45) is 0 Å². The normalized spacial score (nSPS) is 16.1. The van der Waals surface area contributed by atoms with Gasteiger partial charge >= 0.3 is 0 Å². The molecule has 1 aliphatic rings. The number of amides is 1. The topological polar surface area (TPSA) is 83.5 Å². The highest BCUT2D eigenvalue weighted by Crippen LogP contribution is 2.24. The van der Waals surface area contributed by atoms with Gasteiger partial charge in [-0.1, -0.05) is 18.7 Å². The standard InChI is InChI=1S/C17H22N4O3S2/c1-2-12-26(23,24)21-10-8-20(9-11-21)16(22)13-25-17-14-4-3-6-18-15(14)5-7-19-17/h3-7H,2,8-13H2,1H3. The van der Waals surface area contributed by atoms with Gasteiger partial charge in [-0.15, -0.1) is 0 Å². The van der Waals surface area contributed by atoms with E-state index >= 15 is 0 Å². The summed E-state index contributed by atoms with van der Waals surface area (Å²) in [6.45, 7) is 3.47. The molecule has 0 atom stereocenters. The molecule has 1 saturated heterocycles. The van der Waals surface area contributed by atoms with Crippen LogP contribution >= 0.6 is 11.8 Å². The van der Waals surface area contributed by atoms with Crippen molar-refractivity contribution in [1.82, 2.24) is 19.2 Å². The Morgan fingerprint density at radius 1 is 1.15 bits per heavy atom. The van der Waals surface area contributed by atoms with E-state index in [1.807, 2.05) is 25.1 Å². The second kappa shape index (κ2) is 8.32. The molecular weight excluding hydrogens is 372 g/mol. The highest BCUT2D eigenvalue weighted by atomic mass is 32.2. The van der Waals surface area contributed by atoms with E-state index < -0.39 is 10.0 Å². The lowest BCUT2D eigenvalue weighted by atomic mass is 10.3. The Morgan fingerprint density at radius 3 is 2.65 bits per heavy atom. The molecule has 1 aliphatic heterocycles. The molecule has 1 fully saturated rings. The summed E-state index contributed by atoms with van der Waals surface area (Å²) in [4.78, 5) is 22.9. The molecule has 0 N–H and O–H groups in total. The Bertz CT molecular complexity index is 875. The van der Waals surface area contributed by atoms with Crippen LogP contribution in [0, 0.1) is 0 Å². The zero-order chi connectivity index (χ0) is 18.6. The van der Waals surface area contributed by atoms with Crippen LogP contribution in [0.2, 0.25) is 0 Å². The average Bonchev–Trinajstić information content (AvgIpc) is 2.66. The first-order valence-electron chi connectivity index (χ1n) is 8.59. The first kappa shape index (κ1) is 19.1. The van der Waals surface area contributed by atoms with E-state index in [1.165, 1.54) is 16.1 Å². The number of nitrogens with zero attached hydrogens (tertiary/aromatic N) is 4. The van der Waals surface area contributed by atoms with E-state index in [9.17, 15) is 13.2 Å². The summed E-state index contributed by atoms with van der Waals surface area (Å²) in [6, 6.07) is 5.64. The van der Waals surface area contributed by atoms with Crippen LogP contribution < -0.4 is 0 Å². The molecule has 0 bridgehead atoms. The maximum Gasteiger partial charge on any atom is 0.233 e. The predicted molar refractivity (Wildman–Crippen MR) is 102 cm³/mol. The number of sulfonamides is 1. The van der Waals surface area contributed by atoms with Crippen molar-refractivity contribution < 1.29 is 13.2 Å². The third-order valence-electron chi connectivity index (χ3n) is 4.27. The summed E-state index contributed by atoms with van der Waals surface area (Å²) < 4.78 is 25.7. The minimum atomic E-state index is -3.19. The number of fused-ring (bicyclic) bond motifs is 1. The van der Waals surface area contributed by atoms with Crippen molar-refractivity contribution in [3.63, 3.8) is 0 Å². The number of carbonyl (C=O) groups excluding carboxylic acids is 1. The highest BCUT2D eigenvalue weighted by molar-refractivity contribution is 8.00. The van der Waals surface area contributed by atoms with Gasteiger partial charge in [-0.2, -0.15) is 4.31 Å². The van der Waals surface area contributed by atoms with Crippen LogP contribution in [0.25, 0.3) is 10.9 Å². The van der Waals surface area contributed by atoms with Gasteiger partial charge in [0.05, 0.1) is 17.0 Å². The molecular formula is C17H22N4O3S2. The molecule has 0 aliphatic carbocycles. The third-order valence-corrected chi connectivity index (χ3v) is 7.34. The van der Waals surface area contributed by atoms with E-state index in [0.29, 0.717) is 32.6 Å². The Labute approximate surface area is 157 Å². The van der Waals surface area contributed by atoms with Crippen LogP contribution in [0.1, 0.15) is 13.3 Å². The number of piperazine rings is 1. The molecule has 1 amide bonds. The lowest BCUT2D eigenvalue weighted by Gasteiger charge is -2.34. The molecule has 3 rings (SSSR count). The largest absolute Gasteiger partial charge is 0.339 e. The number of hydrogen-bond acceptors (Lipinski definition) is 6. The van der Waals surface area contributed by atoms with Gasteiger partial charge < -0.3 is 4.90 Å². The van der Waals surface area contributed by atoms with Gasteiger partial charge in [0.2, 0.25) is 15.9 Å². The fourth-order valence-corrected chi connectivity index (χ4v) is 5.32. The third kappa shape index (κ3) is 4.33. The van der Waals surface area contributed by atoms with Crippen LogP contribution in [0.4, 0.5) is 0 Å². The lowest BCUT2D eigenvalue weighted by Crippen LogP contribution is -2.51. The molecule has 0 unspecified atom stereocenters. The zero-order valence-corrected chi connectivity index (χ0v) is 16.3. The summed E-state index contributed by atoms with van der Waals surface area (Å²) in [5.74, 6) is 0.450. The molecule has 2 aromatic heterocycles. The molecule has 0 radical (unpaired) electrons. The monoisotopic (exact) mass is 394 g/mol. The number of hydrogen-bond donors (Lipinski definition) is 0. The number of rotatable bonds is 6. The summed E-state index contributed by atoms with van der Waals surface area (Å²) in [7, 11) is -3.19. The van der Waals surface area contributed by atoms with Gasteiger partial charge in [-0.3, -0.25) is 9.78 Å². The smallest absolute Gasteiger partial charge is 0.233 e. The van der Waals surface area contributed by atoms with Crippen LogP contribution in [-0.4, -0.2) is 71.2 Å². The molecule has 140 valence electrons. The lowest BCUT2D eigenvalue weighted by molar-refractivity contribution is -0.129. The first-order valence-corrected chi connectivity index (χ1v) is 11.2. The summed E-state index contributed by atoms with van der Waals surface area (Å²) in [6.07, 6.45) is 4.03. The number of carbonyl (C=O) groups is 1. The molecule has 7 nitrogen and oxygen atoms in total. The van der Waals surface area contributed by atoms with Gasteiger partial charge in [-0.25, -0.2) is 13.4 Å². The molecule has 3 heterocycles. The summed E-state index contributed by atoms with van der Waals surface area (Å²) >= 11 is 1.39. The van der Waals surface area contributed by atoms with Crippen molar-refractivity contribution in [2.75, 3.05) is 37.7 Å². The zero-order valence-electron chi connectivity index (χ0n) is 14.7.